The summed E-state index contributed by atoms with van der Waals surface area (Å²) >= 11 is 6.94. The fraction of sp³-hybridized carbons (Fsp3) is 0.133. The molecule has 0 aliphatic heterocycles. The monoisotopic (exact) mass is 334 g/mol. The minimum absolute atomic E-state index is 0.126. The standard InChI is InChI=1S/C15H11ClN2O3S/c1-8-5-11(10(15(20)21-2)6-9(8)7-17)18-14(19)12-3-4-13(16)22-12/h3-6H,1-2H3,(H,18,19). The number of anilines is 1. The van der Waals surface area contributed by atoms with E-state index in [2.05, 4.69) is 10.1 Å². The molecule has 0 bridgehead atoms. The average molecular weight is 335 g/mol. The molecule has 0 aliphatic carbocycles. The molecular formula is C15H11ClN2O3S. The van der Waals surface area contributed by atoms with E-state index < -0.39 is 5.97 Å². The second kappa shape index (κ2) is 6.60. The maximum absolute atomic E-state index is 12.2. The third-order valence-electron chi connectivity index (χ3n) is 2.94. The summed E-state index contributed by atoms with van der Waals surface area (Å²) in [6.07, 6.45) is 0. The highest BCUT2D eigenvalue weighted by Crippen LogP contribution is 2.25. The number of carbonyl (C=O) groups is 2. The smallest absolute Gasteiger partial charge is 0.340 e. The van der Waals surface area contributed by atoms with Gasteiger partial charge in [0.25, 0.3) is 5.91 Å². The van der Waals surface area contributed by atoms with Gasteiger partial charge in [-0.1, -0.05) is 11.6 Å². The van der Waals surface area contributed by atoms with E-state index in [1.165, 1.54) is 13.2 Å². The van der Waals surface area contributed by atoms with Gasteiger partial charge in [-0.05, 0) is 36.8 Å². The molecule has 1 aromatic heterocycles. The Morgan fingerprint density at radius 1 is 1.36 bits per heavy atom. The van der Waals surface area contributed by atoms with Crippen LogP contribution >= 0.6 is 22.9 Å². The molecule has 2 rings (SSSR count). The number of thiophene rings is 1. The van der Waals surface area contributed by atoms with E-state index in [0.29, 0.717) is 20.3 Å². The lowest BCUT2D eigenvalue weighted by atomic mass is 10.0. The Kier molecular flexibility index (Phi) is 4.81. The SMILES string of the molecule is COC(=O)c1cc(C#N)c(C)cc1NC(=O)c1ccc(Cl)s1. The first kappa shape index (κ1) is 16.0. The normalized spacial score (nSPS) is 9.91. The van der Waals surface area contributed by atoms with Gasteiger partial charge in [0.05, 0.1) is 39.2 Å². The van der Waals surface area contributed by atoms with Gasteiger partial charge in [0.2, 0.25) is 0 Å². The number of esters is 1. The number of nitrogens with one attached hydrogen (secondary N) is 1. The van der Waals surface area contributed by atoms with E-state index in [0.717, 1.165) is 11.3 Å². The van der Waals surface area contributed by atoms with E-state index >= 15 is 0 Å². The number of halogens is 1. The lowest BCUT2D eigenvalue weighted by molar-refractivity contribution is 0.0602. The molecule has 1 N–H and O–H groups in total. The maximum Gasteiger partial charge on any atom is 0.340 e. The summed E-state index contributed by atoms with van der Waals surface area (Å²) in [5, 5.41) is 11.7. The topological polar surface area (TPSA) is 79.2 Å². The van der Waals surface area contributed by atoms with E-state index in [4.69, 9.17) is 16.9 Å². The van der Waals surface area contributed by atoms with Gasteiger partial charge < -0.3 is 10.1 Å². The van der Waals surface area contributed by atoms with E-state index in [-0.39, 0.29) is 17.2 Å². The highest BCUT2D eigenvalue weighted by atomic mass is 35.5. The number of nitriles is 1. The third-order valence-corrected chi connectivity index (χ3v) is 4.17. The summed E-state index contributed by atoms with van der Waals surface area (Å²) in [7, 11) is 1.24. The van der Waals surface area contributed by atoms with Crippen LogP contribution in [0.15, 0.2) is 24.3 Å². The van der Waals surface area contributed by atoms with Gasteiger partial charge in [0.15, 0.2) is 0 Å². The van der Waals surface area contributed by atoms with Crippen molar-refractivity contribution >= 4 is 40.5 Å². The predicted octanol–water partition coefficient (Wildman–Crippen LogP) is 3.62. The second-order valence-electron chi connectivity index (χ2n) is 4.37. The van der Waals surface area contributed by atoms with Crippen molar-refractivity contribution in [2.75, 3.05) is 12.4 Å². The predicted molar refractivity (Wildman–Crippen MR) is 84.5 cm³/mol. The molecule has 0 fully saturated rings. The Bertz CT molecular complexity index is 793. The zero-order chi connectivity index (χ0) is 16.3. The van der Waals surface area contributed by atoms with Crippen LogP contribution in [0.5, 0.6) is 0 Å². The van der Waals surface area contributed by atoms with Crippen LogP contribution in [0.25, 0.3) is 0 Å². The number of methoxy groups -OCH3 is 1. The summed E-state index contributed by atoms with van der Waals surface area (Å²) in [6.45, 7) is 1.72. The molecule has 2 aromatic rings. The first-order valence-electron chi connectivity index (χ1n) is 6.16. The molecule has 1 aromatic carbocycles. The Hall–Kier alpha value is -2.36. The Labute approximate surface area is 136 Å². The average Bonchev–Trinajstić information content (AvgIpc) is 2.93. The second-order valence-corrected chi connectivity index (χ2v) is 6.09. The maximum atomic E-state index is 12.2. The number of hydrogen-bond acceptors (Lipinski definition) is 5. The van der Waals surface area contributed by atoms with Crippen LogP contribution < -0.4 is 5.32 Å². The first-order valence-corrected chi connectivity index (χ1v) is 7.35. The quantitative estimate of drug-likeness (QED) is 0.869. The number of aryl methyl sites for hydroxylation is 1. The lowest BCUT2D eigenvalue weighted by Gasteiger charge is -2.11. The van der Waals surface area contributed by atoms with Gasteiger partial charge in [-0.25, -0.2) is 4.79 Å². The molecule has 0 spiro atoms. The molecule has 22 heavy (non-hydrogen) atoms. The summed E-state index contributed by atoms with van der Waals surface area (Å²) in [4.78, 5) is 24.4. The number of carbonyl (C=O) groups excluding carboxylic acids is 2. The molecule has 112 valence electrons. The molecule has 1 heterocycles. The molecule has 0 unspecified atom stereocenters. The van der Waals surface area contributed by atoms with Gasteiger partial charge in [0, 0.05) is 0 Å². The van der Waals surface area contributed by atoms with E-state index in [1.807, 2.05) is 6.07 Å². The van der Waals surface area contributed by atoms with Gasteiger partial charge >= 0.3 is 5.97 Å². The van der Waals surface area contributed by atoms with Crippen molar-refractivity contribution in [2.24, 2.45) is 0 Å². The van der Waals surface area contributed by atoms with Crippen molar-refractivity contribution < 1.29 is 14.3 Å². The number of hydrogen-bond donors (Lipinski definition) is 1. The van der Waals surface area contributed by atoms with Gasteiger partial charge in [-0.2, -0.15) is 5.26 Å². The van der Waals surface area contributed by atoms with E-state index in [1.54, 1.807) is 25.1 Å². The van der Waals surface area contributed by atoms with Crippen LogP contribution in [-0.2, 0) is 4.74 Å². The van der Waals surface area contributed by atoms with Crippen LogP contribution in [0, 0.1) is 18.3 Å². The molecule has 7 heteroatoms. The third kappa shape index (κ3) is 3.27. The van der Waals surface area contributed by atoms with Crippen molar-refractivity contribution in [2.45, 2.75) is 6.92 Å². The van der Waals surface area contributed by atoms with Crippen LogP contribution in [0.2, 0.25) is 4.34 Å². The zero-order valence-corrected chi connectivity index (χ0v) is 13.3. The largest absolute Gasteiger partial charge is 0.465 e. The highest BCUT2D eigenvalue weighted by Gasteiger charge is 2.18. The summed E-state index contributed by atoms with van der Waals surface area (Å²) in [6, 6.07) is 8.17. The number of ether oxygens (including phenoxy) is 1. The van der Waals surface area contributed by atoms with Crippen LogP contribution in [0.3, 0.4) is 0 Å². The molecule has 0 saturated heterocycles. The molecule has 5 nitrogen and oxygen atoms in total. The van der Waals surface area contributed by atoms with Crippen LogP contribution in [0.4, 0.5) is 5.69 Å². The van der Waals surface area contributed by atoms with Crippen molar-refractivity contribution in [1.29, 1.82) is 5.26 Å². The fourth-order valence-corrected chi connectivity index (χ4v) is 2.77. The minimum Gasteiger partial charge on any atom is -0.465 e. The minimum atomic E-state index is -0.629. The number of nitrogens with zero attached hydrogens (tertiary/aromatic N) is 1. The zero-order valence-electron chi connectivity index (χ0n) is 11.8. The Morgan fingerprint density at radius 3 is 2.64 bits per heavy atom. The van der Waals surface area contributed by atoms with Gasteiger partial charge in [-0.3, -0.25) is 4.79 Å². The first-order chi connectivity index (χ1) is 10.5. The Balaban J connectivity index is 2.41. The Morgan fingerprint density at radius 2 is 2.09 bits per heavy atom. The summed E-state index contributed by atoms with van der Waals surface area (Å²) < 4.78 is 5.18. The van der Waals surface area contributed by atoms with Crippen LogP contribution in [0.1, 0.15) is 31.2 Å². The van der Waals surface area contributed by atoms with Crippen LogP contribution in [-0.4, -0.2) is 19.0 Å². The molecule has 0 saturated carbocycles. The molecule has 0 radical (unpaired) electrons. The molecule has 0 atom stereocenters. The molecule has 1 amide bonds. The highest BCUT2D eigenvalue weighted by molar-refractivity contribution is 7.18. The lowest BCUT2D eigenvalue weighted by Crippen LogP contribution is -2.15. The van der Waals surface area contributed by atoms with Crippen molar-refractivity contribution in [1.82, 2.24) is 0 Å². The van der Waals surface area contributed by atoms with Crippen molar-refractivity contribution in [3.8, 4) is 6.07 Å². The van der Waals surface area contributed by atoms with Gasteiger partial charge in [0.1, 0.15) is 0 Å². The van der Waals surface area contributed by atoms with E-state index in [9.17, 15) is 9.59 Å². The number of rotatable bonds is 3. The van der Waals surface area contributed by atoms with Crippen molar-refractivity contribution in [3.05, 3.63) is 50.2 Å². The van der Waals surface area contributed by atoms with Gasteiger partial charge in [-0.15, -0.1) is 11.3 Å². The summed E-state index contributed by atoms with van der Waals surface area (Å²) in [5.74, 6) is -1.01. The number of amides is 1. The van der Waals surface area contributed by atoms with Crippen molar-refractivity contribution in [3.63, 3.8) is 0 Å². The number of benzene rings is 1. The molecular weight excluding hydrogens is 324 g/mol. The fourth-order valence-electron chi connectivity index (χ4n) is 1.83. The summed E-state index contributed by atoms with van der Waals surface area (Å²) in [5.41, 5.74) is 1.41. The molecule has 0 aliphatic rings.